The Bertz CT molecular complexity index is 191. The second-order valence-corrected chi connectivity index (χ2v) is 2.84. The summed E-state index contributed by atoms with van der Waals surface area (Å²) >= 11 is 0. The number of quaternary nitrogens is 1. The van der Waals surface area contributed by atoms with Gasteiger partial charge < -0.3 is 10.1 Å². The quantitative estimate of drug-likeness (QED) is 0.416. The lowest BCUT2D eigenvalue weighted by Crippen LogP contribution is -2.88. The van der Waals surface area contributed by atoms with E-state index in [4.69, 9.17) is 4.74 Å². The zero-order valence-electron chi connectivity index (χ0n) is 7.21. The maximum Gasteiger partial charge on any atom is 0.316 e. The third-order valence-electron chi connectivity index (χ3n) is 1.96. The van der Waals surface area contributed by atoms with Gasteiger partial charge in [-0.1, -0.05) is 0 Å². The first-order valence-electron chi connectivity index (χ1n) is 4.26. The number of hydrogen-bond acceptors (Lipinski definition) is 3. The Morgan fingerprint density at radius 2 is 2.50 bits per heavy atom. The summed E-state index contributed by atoms with van der Waals surface area (Å²) in [4.78, 5) is 22.3. The molecule has 0 bridgehead atoms. The molecule has 0 amide bonds. The summed E-state index contributed by atoms with van der Waals surface area (Å²) in [5.74, 6) is -0.842. The molecule has 1 fully saturated rings. The van der Waals surface area contributed by atoms with Crippen molar-refractivity contribution in [3.05, 3.63) is 0 Å². The zero-order chi connectivity index (χ0) is 8.97. The lowest BCUT2D eigenvalue weighted by atomic mass is 9.97. The lowest BCUT2D eigenvalue weighted by molar-refractivity contribution is -0.649. The van der Waals surface area contributed by atoms with Crippen molar-refractivity contribution in [2.45, 2.75) is 13.3 Å². The Labute approximate surface area is 71.3 Å². The minimum Gasteiger partial charge on any atom is -0.465 e. The van der Waals surface area contributed by atoms with Crippen LogP contribution in [0.1, 0.15) is 13.3 Å². The standard InChI is InChI=1S/C8H13NO3/c1-2-12-8(11)6-3-4-9-5-7(6)10/h6,9H,2-5H2,1H3/p+1/t6-/m1/s1. The second-order valence-electron chi connectivity index (χ2n) is 2.84. The van der Waals surface area contributed by atoms with Gasteiger partial charge in [-0.25, -0.2) is 0 Å². The fraction of sp³-hybridized carbons (Fsp3) is 0.750. The highest BCUT2D eigenvalue weighted by molar-refractivity contribution is 5.99. The molecule has 1 atom stereocenters. The van der Waals surface area contributed by atoms with Gasteiger partial charge in [-0.15, -0.1) is 0 Å². The van der Waals surface area contributed by atoms with Crippen LogP contribution in [-0.2, 0) is 14.3 Å². The average Bonchev–Trinajstić information content (AvgIpc) is 2.05. The maximum absolute atomic E-state index is 11.2. The molecule has 0 radical (unpaired) electrons. The third kappa shape index (κ3) is 2.04. The molecule has 1 rings (SSSR count). The van der Waals surface area contributed by atoms with Crippen molar-refractivity contribution >= 4 is 11.8 Å². The monoisotopic (exact) mass is 172 g/mol. The van der Waals surface area contributed by atoms with Crippen LogP contribution in [0.3, 0.4) is 0 Å². The van der Waals surface area contributed by atoms with Gasteiger partial charge in [0.05, 0.1) is 13.2 Å². The Morgan fingerprint density at radius 1 is 1.75 bits per heavy atom. The van der Waals surface area contributed by atoms with E-state index in [1.807, 2.05) is 5.32 Å². The van der Waals surface area contributed by atoms with Gasteiger partial charge in [0, 0.05) is 6.42 Å². The number of rotatable bonds is 2. The number of ketones is 1. The molecule has 1 heterocycles. The number of nitrogens with two attached hydrogens (primary N) is 1. The summed E-state index contributed by atoms with van der Waals surface area (Å²) in [5.41, 5.74) is 0. The minimum absolute atomic E-state index is 0.000278. The van der Waals surface area contributed by atoms with E-state index < -0.39 is 5.92 Å². The second kappa shape index (κ2) is 4.21. The highest BCUT2D eigenvalue weighted by Crippen LogP contribution is 2.07. The molecule has 4 heteroatoms. The van der Waals surface area contributed by atoms with Gasteiger partial charge in [-0.05, 0) is 6.92 Å². The predicted molar refractivity (Wildman–Crippen MR) is 41.4 cm³/mol. The SMILES string of the molecule is CCOC(=O)[C@@H]1CC[NH2+]CC1=O. The van der Waals surface area contributed by atoms with E-state index in [0.717, 1.165) is 6.54 Å². The number of hydrogen-bond donors (Lipinski definition) is 1. The van der Waals surface area contributed by atoms with Crippen LogP contribution in [0.4, 0.5) is 0 Å². The molecule has 1 aliphatic rings. The molecule has 4 nitrogen and oxygen atoms in total. The van der Waals surface area contributed by atoms with Crippen LogP contribution in [0.2, 0.25) is 0 Å². The van der Waals surface area contributed by atoms with Gasteiger partial charge in [0.25, 0.3) is 0 Å². The van der Waals surface area contributed by atoms with Crippen LogP contribution < -0.4 is 5.32 Å². The Hall–Kier alpha value is -0.900. The van der Waals surface area contributed by atoms with Crippen LogP contribution in [-0.4, -0.2) is 31.4 Å². The average molecular weight is 172 g/mol. The molecule has 0 aromatic heterocycles. The van der Waals surface area contributed by atoms with Crippen LogP contribution in [0, 0.1) is 5.92 Å². The molecular formula is C8H14NO3+. The summed E-state index contributed by atoms with van der Waals surface area (Å²) < 4.78 is 4.78. The summed E-state index contributed by atoms with van der Waals surface area (Å²) in [6.45, 7) is 3.36. The fourth-order valence-electron chi connectivity index (χ4n) is 1.32. The Balaban J connectivity index is 2.48. The number of ether oxygens (including phenoxy) is 1. The van der Waals surface area contributed by atoms with Crippen LogP contribution >= 0.6 is 0 Å². The van der Waals surface area contributed by atoms with E-state index in [0.29, 0.717) is 19.6 Å². The van der Waals surface area contributed by atoms with Crippen molar-refractivity contribution in [2.75, 3.05) is 19.7 Å². The van der Waals surface area contributed by atoms with Gasteiger partial charge >= 0.3 is 5.97 Å². The Kier molecular flexibility index (Phi) is 3.22. The molecular weight excluding hydrogens is 158 g/mol. The largest absolute Gasteiger partial charge is 0.465 e. The summed E-state index contributed by atoms with van der Waals surface area (Å²) in [7, 11) is 0. The molecule has 1 aliphatic heterocycles. The summed E-state index contributed by atoms with van der Waals surface area (Å²) in [6.07, 6.45) is 0.623. The topological polar surface area (TPSA) is 60.0 Å². The number of esters is 1. The van der Waals surface area contributed by atoms with Gasteiger partial charge in [0.2, 0.25) is 5.78 Å². The number of Topliss-reactive ketones (excluding diaryl/α,β-unsaturated/α-hetero) is 1. The first-order valence-corrected chi connectivity index (χ1v) is 4.26. The normalized spacial score (nSPS) is 23.8. The molecule has 0 aromatic carbocycles. The Morgan fingerprint density at radius 3 is 3.08 bits per heavy atom. The van der Waals surface area contributed by atoms with Gasteiger partial charge in [-0.2, -0.15) is 0 Å². The van der Waals surface area contributed by atoms with Gasteiger partial charge in [0.1, 0.15) is 12.5 Å². The highest BCUT2D eigenvalue weighted by atomic mass is 16.5. The highest BCUT2D eigenvalue weighted by Gasteiger charge is 2.31. The van der Waals surface area contributed by atoms with E-state index in [2.05, 4.69) is 0 Å². The van der Waals surface area contributed by atoms with Crippen molar-refractivity contribution in [1.29, 1.82) is 0 Å². The van der Waals surface area contributed by atoms with Crippen molar-refractivity contribution in [3.8, 4) is 0 Å². The number of carbonyl (C=O) groups is 2. The molecule has 0 spiro atoms. The van der Waals surface area contributed by atoms with E-state index in [1.54, 1.807) is 6.92 Å². The molecule has 0 aromatic rings. The first kappa shape index (κ1) is 9.19. The van der Waals surface area contributed by atoms with Crippen molar-refractivity contribution < 1.29 is 19.6 Å². The predicted octanol–water partition coefficient (Wildman–Crippen LogP) is -1.30. The summed E-state index contributed by atoms with van der Waals surface area (Å²) in [5, 5.41) is 1.91. The smallest absolute Gasteiger partial charge is 0.316 e. The zero-order valence-corrected chi connectivity index (χ0v) is 7.21. The molecule has 0 unspecified atom stereocenters. The van der Waals surface area contributed by atoms with Crippen LogP contribution in [0.15, 0.2) is 0 Å². The molecule has 0 saturated carbocycles. The molecule has 12 heavy (non-hydrogen) atoms. The van der Waals surface area contributed by atoms with Crippen LogP contribution in [0.5, 0.6) is 0 Å². The van der Waals surface area contributed by atoms with Crippen LogP contribution in [0.25, 0.3) is 0 Å². The number of carbonyl (C=O) groups excluding carboxylic acids is 2. The van der Waals surface area contributed by atoms with E-state index in [1.165, 1.54) is 0 Å². The molecule has 2 N–H and O–H groups in total. The van der Waals surface area contributed by atoms with Crippen molar-refractivity contribution in [2.24, 2.45) is 5.92 Å². The van der Waals surface area contributed by atoms with Gasteiger partial charge in [0.15, 0.2) is 0 Å². The maximum atomic E-state index is 11.2. The van der Waals surface area contributed by atoms with Gasteiger partial charge in [-0.3, -0.25) is 9.59 Å². The first-order chi connectivity index (χ1) is 5.75. The lowest BCUT2D eigenvalue weighted by Gasteiger charge is -2.16. The minimum atomic E-state index is -0.491. The van der Waals surface area contributed by atoms with E-state index >= 15 is 0 Å². The third-order valence-corrected chi connectivity index (χ3v) is 1.96. The van der Waals surface area contributed by atoms with Crippen molar-refractivity contribution in [3.63, 3.8) is 0 Å². The van der Waals surface area contributed by atoms with E-state index in [9.17, 15) is 9.59 Å². The molecule has 0 aliphatic carbocycles. The summed E-state index contributed by atoms with van der Waals surface area (Å²) in [6, 6.07) is 0. The fourth-order valence-corrected chi connectivity index (χ4v) is 1.32. The molecule has 68 valence electrons. The number of piperidine rings is 1. The molecule has 1 saturated heterocycles. The van der Waals surface area contributed by atoms with E-state index in [-0.39, 0.29) is 11.8 Å². The van der Waals surface area contributed by atoms with Crippen molar-refractivity contribution in [1.82, 2.24) is 0 Å².